The van der Waals surface area contributed by atoms with Crippen molar-refractivity contribution in [1.29, 1.82) is 0 Å². The van der Waals surface area contributed by atoms with E-state index in [-0.39, 0.29) is 12.0 Å². The lowest BCUT2D eigenvalue weighted by Gasteiger charge is -2.61. The smallest absolute Gasteiger partial charge is 0.293 e. The van der Waals surface area contributed by atoms with Gasteiger partial charge in [0.05, 0.1) is 5.69 Å². The number of rotatable bonds is 8. The van der Waals surface area contributed by atoms with E-state index in [0.29, 0.717) is 57.8 Å². The lowest BCUT2D eigenvalue weighted by molar-refractivity contribution is -0.151. The summed E-state index contributed by atoms with van der Waals surface area (Å²) in [6.45, 7) is 8.12. The number of hydrogen-bond acceptors (Lipinski definition) is 4. The van der Waals surface area contributed by atoms with E-state index in [1.54, 1.807) is 18.2 Å². The van der Waals surface area contributed by atoms with Gasteiger partial charge < -0.3 is 10.1 Å². The van der Waals surface area contributed by atoms with E-state index in [1.807, 2.05) is 0 Å². The van der Waals surface area contributed by atoms with Crippen molar-refractivity contribution >= 4 is 36.0 Å². The number of fused-ring (bicyclic) bond motifs is 5. The number of carbonyl (C=O) groups excluding carboxylic acids is 3. The SMILES string of the molecule is C[C@H](CCC(=O)Nc1ccc(Cl)cc1C=O)[C@H]1CCC2C3CCC4C[C@H](OC=O)CCC4(C)C3CCC21C. The summed E-state index contributed by atoms with van der Waals surface area (Å²) in [6.07, 6.45) is 13.3. The third-order valence-corrected chi connectivity index (χ3v) is 12.1. The van der Waals surface area contributed by atoms with Crippen LogP contribution in [0.25, 0.3) is 0 Å². The number of hydrogen-bond donors (Lipinski definition) is 1. The third-order valence-electron chi connectivity index (χ3n) is 11.9. The molecule has 0 heterocycles. The number of nitrogens with one attached hydrogen (secondary N) is 1. The highest BCUT2D eigenvalue weighted by Crippen LogP contribution is 2.68. The van der Waals surface area contributed by atoms with Crippen molar-refractivity contribution < 1.29 is 19.1 Å². The molecule has 6 unspecified atom stereocenters. The Morgan fingerprint density at radius 3 is 2.61 bits per heavy atom. The van der Waals surface area contributed by atoms with Gasteiger partial charge in [0.2, 0.25) is 5.91 Å². The zero-order valence-corrected chi connectivity index (χ0v) is 24.0. The zero-order valence-electron chi connectivity index (χ0n) is 23.2. The second-order valence-electron chi connectivity index (χ2n) is 13.4. The molecule has 0 spiro atoms. The first-order valence-corrected chi connectivity index (χ1v) is 15.2. The highest BCUT2D eigenvalue weighted by Gasteiger charge is 2.60. The standard InChI is InChI=1S/C32H44ClNO4/c1-20(4-11-30(37)34-29-10-6-23(33)16-21(29)18-35)26-8-9-27-25-7-5-22-17-24(38-19-36)12-14-31(22,2)28(25)13-15-32(26,27)3/h6,10,16,18-20,22,24-28H,4-5,7-9,11-15,17H2,1-3H3,(H,34,37)/t20-,22?,24-,25?,26-,27?,28?,31?,32?/m1/s1. The van der Waals surface area contributed by atoms with E-state index in [2.05, 4.69) is 26.1 Å². The lowest BCUT2D eigenvalue weighted by atomic mass is 9.44. The van der Waals surface area contributed by atoms with Gasteiger partial charge in [-0.05, 0) is 129 Å². The molecule has 0 aliphatic heterocycles. The maximum Gasteiger partial charge on any atom is 0.293 e. The molecule has 0 saturated heterocycles. The molecule has 4 aliphatic carbocycles. The van der Waals surface area contributed by atoms with Gasteiger partial charge in [-0.1, -0.05) is 32.4 Å². The summed E-state index contributed by atoms with van der Waals surface area (Å²) in [7, 11) is 0. The van der Waals surface area contributed by atoms with Gasteiger partial charge in [-0.3, -0.25) is 14.4 Å². The minimum absolute atomic E-state index is 0.0360. The van der Waals surface area contributed by atoms with E-state index < -0.39 is 0 Å². The highest BCUT2D eigenvalue weighted by atomic mass is 35.5. The Hall–Kier alpha value is -1.88. The number of halogens is 1. The largest absolute Gasteiger partial charge is 0.465 e. The average Bonchev–Trinajstić information content (AvgIpc) is 3.26. The Bertz CT molecular complexity index is 1060. The van der Waals surface area contributed by atoms with Crippen molar-refractivity contribution in [3.63, 3.8) is 0 Å². The average molecular weight is 542 g/mol. The molecule has 9 atom stereocenters. The number of anilines is 1. The van der Waals surface area contributed by atoms with Gasteiger partial charge in [0.25, 0.3) is 6.47 Å². The van der Waals surface area contributed by atoms with Crippen LogP contribution in [0.4, 0.5) is 5.69 Å². The molecule has 1 aromatic carbocycles. The molecular formula is C32H44ClNO4. The second kappa shape index (κ2) is 10.9. The molecule has 4 fully saturated rings. The maximum atomic E-state index is 12.8. The number of benzene rings is 1. The van der Waals surface area contributed by atoms with Gasteiger partial charge in [0.1, 0.15) is 6.10 Å². The topological polar surface area (TPSA) is 72.5 Å². The predicted molar refractivity (Wildman–Crippen MR) is 150 cm³/mol. The van der Waals surface area contributed by atoms with Gasteiger partial charge in [-0.25, -0.2) is 0 Å². The van der Waals surface area contributed by atoms with Gasteiger partial charge in [-0.2, -0.15) is 0 Å². The first kappa shape index (κ1) is 27.7. The molecule has 5 nitrogen and oxygen atoms in total. The van der Waals surface area contributed by atoms with Crippen LogP contribution in [0.3, 0.4) is 0 Å². The molecule has 0 radical (unpaired) electrons. The summed E-state index contributed by atoms with van der Waals surface area (Å²) < 4.78 is 5.40. The highest BCUT2D eigenvalue weighted by molar-refractivity contribution is 6.31. The lowest BCUT2D eigenvalue weighted by Crippen LogP contribution is -2.54. The number of ether oxygens (including phenoxy) is 1. The summed E-state index contributed by atoms with van der Waals surface area (Å²) in [5.41, 5.74) is 1.69. The van der Waals surface area contributed by atoms with Crippen molar-refractivity contribution in [1.82, 2.24) is 0 Å². The Morgan fingerprint density at radius 1 is 1.08 bits per heavy atom. The number of carbonyl (C=O) groups is 3. The summed E-state index contributed by atoms with van der Waals surface area (Å²) in [5.74, 6) is 4.19. The van der Waals surface area contributed by atoms with Crippen molar-refractivity contribution in [3.8, 4) is 0 Å². The maximum absolute atomic E-state index is 12.8. The Balaban J connectivity index is 1.20. The van der Waals surface area contributed by atoms with Gasteiger partial charge in [0, 0.05) is 17.0 Å². The van der Waals surface area contributed by atoms with Crippen molar-refractivity contribution in [2.24, 2.45) is 46.3 Å². The van der Waals surface area contributed by atoms with E-state index >= 15 is 0 Å². The fourth-order valence-electron chi connectivity index (χ4n) is 9.91. The second-order valence-corrected chi connectivity index (χ2v) is 13.9. The van der Waals surface area contributed by atoms with Crippen LogP contribution in [0.2, 0.25) is 5.02 Å². The molecule has 0 bridgehead atoms. The molecular weight excluding hydrogens is 498 g/mol. The van der Waals surface area contributed by atoms with E-state index in [1.165, 1.54) is 44.9 Å². The monoisotopic (exact) mass is 541 g/mol. The van der Waals surface area contributed by atoms with Crippen LogP contribution in [0, 0.1) is 46.3 Å². The van der Waals surface area contributed by atoms with Crippen molar-refractivity contribution in [3.05, 3.63) is 28.8 Å². The fraction of sp³-hybridized carbons (Fsp3) is 0.719. The minimum Gasteiger partial charge on any atom is -0.465 e. The molecule has 38 heavy (non-hydrogen) atoms. The van der Waals surface area contributed by atoms with Crippen LogP contribution >= 0.6 is 11.6 Å². The van der Waals surface area contributed by atoms with E-state index in [9.17, 15) is 14.4 Å². The summed E-state index contributed by atoms with van der Waals surface area (Å²) in [6, 6.07) is 4.98. The van der Waals surface area contributed by atoms with Crippen LogP contribution in [-0.2, 0) is 14.3 Å². The van der Waals surface area contributed by atoms with Crippen LogP contribution < -0.4 is 5.32 Å². The van der Waals surface area contributed by atoms with Crippen LogP contribution in [-0.4, -0.2) is 24.8 Å². The molecule has 4 saturated carbocycles. The van der Waals surface area contributed by atoms with Crippen LogP contribution in [0.5, 0.6) is 0 Å². The molecule has 1 N–H and O–H groups in total. The Morgan fingerprint density at radius 2 is 1.84 bits per heavy atom. The van der Waals surface area contributed by atoms with Crippen molar-refractivity contribution in [2.45, 2.75) is 97.5 Å². The summed E-state index contributed by atoms with van der Waals surface area (Å²) in [4.78, 5) is 35.1. The molecule has 1 amide bonds. The molecule has 1 aromatic rings. The predicted octanol–water partition coefficient (Wildman–Crippen LogP) is 7.71. The number of amides is 1. The zero-order chi connectivity index (χ0) is 27.1. The van der Waals surface area contributed by atoms with Gasteiger partial charge >= 0.3 is 0 Å². The molecule has 5 rings (SSSR count). The molecule has 208 valence electrons. The molecule has 6 heteroatoms. The minimum atomic E-state index is -0.0360. The van der Waals surface area contributed by atoms with Crippen LogP contribution in [0.1, 0.15) is 102 Å². The van der Waals surface area contributed by atoms with Crippen molar-refractivity contribution in [2.75, 3.05) is 5.32 Å². The first-order valence-electron chi connectivity index (χ1n) is 14.8. The first-order chi connectivity index (χ1) is 18.2. The quantitative estimate of drug-likeness (QED) is 0.342. The summed E-state index contributed by atoms with van der Waals surface area (Å²) >= 11 is 5.99. The number of aldehydes is 1. The Labute approximate surface area is 232 Å². The third kappa shape index (κ3) is 4.93. The van der Waals surface area contributed by atoms with Gasteiger partial charge in [-0.15, -0.1) is 0 Å². The van der Waals surface area contributed by atoms with Crippen LogP contribution in [0.15, 0.2) is 18.2 Å². The molecule has 0 aromatic heterocycles. The van der Waals surface area contributed by atoms with E-state index in [4.69, 9.17) is 16.3 Å². The summed E-state index contributed by atoms with van der Waals surface area (Å²) in [5, 5.41) is 3.41. The van der Waals surface area contributed by atoms with Gasteiger partial charge in [0.15, 0.2) is 6.29 Å². The normalized spacial score (nSPS) is 38.7. The van der Waals surface area contributed by atoms with E-state index in [0.717, 1.165) is 43.3 Å². The molecule has 4 aliphatic rings. The fourth-order valence-corrected chi connectivity index (χ4v) is 10.1. The Kier molecular flexibility index (Phi) is 7.97.